The molecule has 0 atom stereocenters. The van der Waals surface area contributed by atoms with Crippen LogP contribution in [0.3, 0.4) is 0 Å². The van der Waals surface area contributed by atoms with E-state index in [9.17, 15) is 0 Å². The maximum atomic E-state index is 8.72. The van der Waals surface area contributed by atoms with Crippen LogP contribution in [0.4, 0.5) is 5.00 Å². The first-order chi connectivity index (χ1) is 3.80. The lowest BCUT2D eigenvalue weighted by molar-refractivity contribution is 0.282. The summed E-state index contributed by atoms with van der Waals surface area (Å²) in [5.74, 6) is 0. The first kappa shape index (κ1) is 5.53. The highest BCUT2D eigenvalue weighted by Gasteiger charge is 1.93. The Kier molecular flexibility index (Phi) is 1.45. The molecule has 0 radical (unpaired) electrons. The molecule has 1 heterocycles. The molecule has 4 heteroatoms. The van der Waals surface area contributed by atoms with Crippen molar-refractivity contribution in [3.63, 3.8) is 0 Å². The monoisotopic (exact) mass is 130 g/mol. The summed E-state index contributed by atoms with van der Waals surface area (Å²) >= 11 is 1.40. The van der Waals surface area contributed by atoms with E-state index in [1.54, 1.807) is 18.8 Å². The van der Waals surface area contributed by atoms with Gasteiger partial charge in [0.05, 0.1) is 11.7 Å². The molecule has 44 valence electrons. The van der Waals surface area contributed by atoms with E-state index >= 15 is 0 Å². The van der Waals surface area contributed by atoms with Crippen LogP contribution in [-0.2, 0) is 0 Å². The molecule has 3 nitrogen and oxygen atoms in total. The van der Waals surface area contributed by atoms with Gasteiger partial charge in [-0.15, -0.1) is 11.3 Å². The third-order valence-electron chi connectivity index (χ3n) is 0.738. The summed E-state index contributed by atoms with van der Waals surface area (Å²) in [6, 6.07) is 0. The van der Waals surface area contributed by atoms with Gasteiger partial charge in [-0.1, -0.05) is 0 Å². The number of nitrogens with zero attached hydrogens (tertiary/aromatic N) is 2. The minimum Gasteiger partial charge on any atom is -0.288 e. The lowest BCUT2D eigenvalue weighted by atomic mass is 10.8. The summed E-state index contributed by atoms with van der Waals surface area (Å²) < 4.78 is 0. The molecule has 1 N–H and O–H groups in total. The van der Waals surface area contributed by atoms with Crippen LogP contribution in [0.25, 0.3) is 0 Å². The van der Waals surface area contributed by atoms with Crippen molar-refractivity contribution in [2.75, 3.05) is 12.1 Å². The summed E-state index contributed by atoms with van der Waals surface area (Å²) in [4.78, 5) is 3.76. The summed E-state index contributed by atoms with van der Waals surface area (Å²) in [6.07, 6.45) is 1.60. The smallest absolute Gasteiger partial charge is 0.135 e. The Balaban J connectivity index is 2.77. The van der Waals surface area contributed by atoms with E-state index in [1.165, 1.54) is 11.3 Å². The number of thiazole rings is 1. The quantitative estimate of drug-likeness (QED) is 0.575. The van der Waals surface area contributed by atoms with Gasteiger partial charge in [0.1, 0.15) is 5.00 Å². The second kappa shape index (κ2) is 2.11. The molecule has 0 aliphatic carbocycles. The number of aromatic nitrogens is 1. The number of hydroxylamine groups is 1. The first-order valence-corrected chi connectivity index (χ1v) is 3.00. The fourth-order valence-electron chi connectivity index (χ4n) is 0.369. The van der Waals surface area contributed by atoms with Gasteiger partial charge in [-0.25, -0.2) is 5.06 Å². The fraction of sp³-hybridized carbons (Fsp3) is 0.250. The maximum absolute atomic E-state index is 8.72. The first-order valence-electron chi connectivity index (χ1n) is 2.12. The summed E-state index contributed by atoms with van der Waals surface area (Å²) in [7, 11) is 1.56. The van der Waals surface area contributed by atoms with Gasteiger partial charge in [0.25, 0.3) is 0 Å². The van der Waals surface area contributed by atoms with Crippen LogP contribution in [-0.4, -0.2) is 17.2 Å². The largest absolute Gasteiger partial charge is 0.288 e. The molecule has 0 bridgehead atoms. The van der Waals surface area contributed by atoms with Gasteiger partial charge in [-0.3, -0.25) is 10.2 Å². The van der Waals surface area contributed by atoms with Crippen LogP contribution in [0.5, 0.6) is 0 Å². The summed E-state index contributed by atoms with van der Waals surface area (Å²) in [5, 5.41) is 10.5. The molecule has 0 fully saturated rings. The lowest BCUT2D eigenvalue weighted by Gasteiger charge is -2.02. The second-order valence-electron chi connectivity index (χ2n) is 1.36. The Morgan fingerprint density at radius 3 is 2.88 bits per heavy atom. The standard InChI is InChI=1S/C4H6N2OS/c1-6(7)4-2-5-3-8-4/h2-3,7H,1H3. The Morgan fingerprint density at radius 1 is 1.88 bits per heavy atom. The summed E-state index contributed by atoms with van der Waals surface area (Å²) in [6.45, 7) is 0. The lowest BCUT2D eigenvalue weighted by Crippen LogP contribution is -2.07. The Morgan fingerprint density at radius 2 is 2.62 bits per heavy atom. The van der Waals surface area contributed by atoms with Crippen molar-refractivity contribution in [1.82, 2.24) is 4.98 Å². The van der Waals surface area contributed by atoms with Crippen LogP contribution in [0.1, 0.15) is 0 Å². The Hall–Kier alpha value is -0.610. The molecule has 0 aromatic carbocycles. The van der Waals surface area contributed by atoms with E-state index in [4.69, 9.17) is 5.21 Å². The zero-order valence-corrected chi connectivity index (χ0v) is 5.22. The third-order valence-corrected chi connectivity index (χ3v) is 1.58. The zero-order chi connectivity index (χ0) is 5.98. The molecule has 0 amide bonds. The predicted molar refractivity (Wildman–Crippen MR) is 32.3 cm³/mol. The van der Waals surface area contributed by atoms with Crippen molar-refractivity contribution in [3.05, 3.63) is 11.7 Å². The highest BCUT2D eigenvalue weighted by Crippen LogP contribution is 2.14. The van der Waals surface area contributed by atoms with E-state index in [2.05, 4.69) is 4.98 Å². The van der Waals surface area contributed by atoms with Crippen LogP contribution in [0, 0.1) is 0 Å². The minimum atomic E-state index is 0.755. The van der Waals surface area contributed by atoms with Crippen LogP contribution < -0.4 is 5.06 Å². The Labute approximate surface area is 51.2 Å². The molecule has 1 rings (SSSR count). The molecule has 8 heavy (non-hydrogen) atoms. The topological polar surface area (TPSA) is 36.4 Å². The maximum Gasteiger partial charge on any atom is 0.135 e. The zero-order valence-electron chi connectivity index (χ0n) is 4.40. The van der Waals surface area contributed by atoms with Crippen molar-refractivity contribution < 1.29 is 5.21 Å². The molecule has 0 aliphatic heterocycles. The van der Waals surface area contributed by atoms with E-state index in [0.717, 1.165) is 10.1 Å². The number of rotatable bonds is 1. The van der Waals surface area contributed by atoms with Crippen LogP contribution in [0.15, 0.2) is 11.7 Å². The Bertz CT molecular complexity index is 149. The number of hydrogen-bond acceptors (Lipinski definition) is 4. The number of hydrogen-bond donors (Lipinski definition) is 1. The van der Waals surface area contributed by atoms with E-state index in [0.29, 0.717) is 0 Å². The highest BCUT2D eigenvalue weighted by molar-refractivity contribution is 7.13. The van der Waals surface area contributed by atoms with Gasteiger partial charge in [0, 0.05) is 7.05 Å². The van der Waals surface area contributed by atoms with Crippen molar-refractivity contribution in [2.45, 2.75) is 0 Å². The molecular formula is C4H6N2OS. The van der Waals surface area contributed by atoms with Gasteiger partial charge in [-0.05, 0) is 0 Å². The summed E-state index contributed by atoms with van der Waals surface area (Å²) in [5.41, 5.74) is 1.67. The average molecular weight is 130 g/mol. The van der Waals surface area contributed by atoms with Crippen molar-refractivity contribution in [1.29, 1.82) is 0 Å². The van der Waals surface area contributed by atoms with Crippen molar-refractivity contribution in [3.8, 4) is 0 Å². The van der Waals surface area contributed by atoms with Gasteiger partial charge >= 0.3 is 0 Å². The molecule has 0 aliphatic rings. The van der Waals surface area contributed by atoms with Crippen LogP contribution >= 0.6 is 11.3 Å². The van der Waals surface area contributed by atoms with Crippen molar-refractivity contribution in [2.24, 2.45) is 0 Å². The molecular weight excluding hydrogens is 124 g/mol. The SMILES string of the molecule is CN(O)c1cncs1. The molecule has 1 aromatic rings. The van der Waals surface area contributed by atoms with E-state index in [1.807, 2.05) is 0 Å². The van der Waals surface area contributed by atoms with Gasteiger partial charge in [0.2, 0.25) is 0 Å². The second-order valence-corrected chi connectivity index (χ2v) is 2.23. The average Bonchev–Trinajstić information content (AvgIpc) is 2.12. The minimum absolute atomic E-state index is 0.755. The number of anilines is 1. The van der Waals surface area contributed by atoms with E-state index in [-0.39, 0.29) is 0 Å². The molecule has 0 saturated carbocycles. The van der Waals surface area contributed by atoms with Gasteiger partial charge in [-0.2, -0.15) is 0 Å². The molecule has 0 spiro atoms. The molecule has 1 aromatic heterocycles. The predicted octanol–water partition coefficient (Wildman–Crippen LogP) is 0.968. The normalized spacial score (nSPS) is 9.25. The fourth-order valence-corrected chi connectivity index (χ4v) is 0.873. The van der Waals surface area contributed by atoms with Gasteiger partial charge < -0.3 is 0 Å². The van der Waals surface area contributed by atoms with Gasteiger partial charge in [0.15, 0.2) is 0 Å². The highest BCUT2D eigenvalue weighted by atomic mass is 32.1. The third kappa shape index (κ3) is 0.962. The van der Waals surface area contributed by atoms with Crippen LogP contribution in [0.2, 0.25) is 0 Å². The van der Waals surface area contributed by atoms with Crippen molar-refractivity contribution >= 4 is 16.3 Å². The molecule has 0 unspecified atom stereocenters. The van der Waals surface area contributed by atoms with E-state index < -0.39 is 0 Å². The molecule has 0 saturated heterocycles.